The van der Waals surface area contributed by atoms with E-state index in [-0.39, 0.29) is 12.5 Å². The van der Waals surface area contributed by atoms with E-state index in [1.54, 1.807) is 21.3 Å². The molecule has 0 saturated carbocycles. The molecular formula is C18H36O6. The molecule has 0 rings (SSSR count). The number of hydrogen-bond donors (Lipinski definition) is 1. The molecule has 0 saturated heterocycles. The molecule has 6 heteroatoms. The Kier molecular flexibility index (Phi) is 14.2. The average Bonchev–Trinajstić information content (AvgIpc) is 2.62. The number of hydrogen-bond acceptors (Lipinski definition) is 6. The molecule has 0 fully saturated rings. The summed E-state index contributed by atoms with van der Waals surface area (Å²) in [6.07, 6.45) is 9.68. The summed E-state index contributed by atoms with van der Waals surface area (Å²) in [7, 11) is 4.73. The monoisotopic (exact) mass is 348 g/mol. The Morgan fingerprint density at radius 2 is 1.46 bits per heavy atom. The van der Waals surface area contributed by atoms with Crippen molar-refractivity contribution in [1.29, 1.82) is 0 Å². The second kappa shape index (κ2) is 14.6. The van der Waals surface area contributed by atoms with Crippen molar-refractivity contribution in [3.05, 3.63) is 0 Å². The van der Waals surface area contributed by atoms with E-state index < -0.39 is 18.5 Å². The van der Waals surface area contributed by atoms with Crippen LogP contribution in [-0.2, 0) is 23.7 Å². The largest absolute Gasteiger partial charge is 0.464 e. The zero-order valence-electron chi connectivity index (χ0n) is 15.8. The van der Waals surface area contributed by atoms with E-state index in [0.29, 0.717) is 6.42 Å². The van der Waals surface area contributed by atoms with Gasteiger partial charge in [0.15, 0.2) is 0 Å². The first-order valence-corrected chi connectivity index (χ1v) is 9.02. The molecule has 0 spiro atoms. The molecule has 0 aromatic rings. The predicted octanol–water partition coefficient (Wildman–Crippen LogP) is 3.26. The molecule has 0 aliphatic rings. The standard InChI is InChI=1S/C18H36O6/c1-5-6-7-8-9-10-12-16(18(21-2,22-3)23-4)13-11-14-24-17(20)15-19/h16,19H,5-15H2,1-4H3. The Labute approximate surface area is 146 Å². The van der Waals surface area contributed by atoms with Gasteiger partial charge in [-0.2, -0.15) is 0 Å². The van der Waals surface area contributed by atoms with Gasteiger partial charge in [0.05, 0.1) is 6.61 Å². The molecule has 0 aromatic carbocycles. The summed E-state index contributed by atoms with van der Waals surface area (Å²) in [4.78, 5) is 11.0. The molecular weight excluding hydrogens is 312 g/mol. The van der Waals surface area contributed by atoms with Gasteiger partial charge in [-0.15, -0.1) is 0 Å². The van der Waals surface area contributed by atoms with Crippen molar-refractivity contribution in [2.45, 2.75) is 70.7 Å². The summed E-state index contributed by atoms with van der Waals surface area (Å²) in [5.74, 6) is -1.61. The van der Waals surface area contributed by atoms with Crippen LogP contribution in [0.2, 0.25) is 0 Å². The zero-order chi connectivity index (χ0) is 18.3. The van der Waals surface area contributed by atoms with Crippen LogP contribution in [0, 0.1) is 5.92 Å². The molecule has 0 radical (unpaired) electrons. The van der Waals surface area contributed by atoms with Gasteiger partial charge in [0.25, 0.3) is 5.97 Å². The van der Waals surface area contributed by atoms with Crippen LogP contribution >= 0.6 is 0 Å². The van der Waals surface area contributed by atoms with Gasteiger partial charge in [0.1, 0.15) is 6.61 Å². The molecule has 0 aromatic heterocycles. The number of esters is 1. The molecule has 6 nitrogen and oxygen atoms in total. The lowest BCUT2D eigenvalue weighted by molar-refractivity contribution is -0.380. The molecule has 1 unspecified atom stereocenters. The van der Waals surface area contributed by atoms with E-state index in [0.717, 1.165) is 19.3 Å². The summed E-state index contributed by atoms with van der Waals surface area (Å²) < 4.78 is 21.4. The first-order chi connectivity index (χ1) is 11.6. The fourth-order valence-electron chi connectivity index (χ4n) is 2.98. The number of carbonyl (C=O) groups excluding carboxylic acids is 1. The van der Waals surface area contributed by atoms with Crippen molar-refractivity contribution in [1.82, 2.24) is 0 Å². The van der Waals surface area contributed by atoms with Crippen LogP contribution < -0.4 is 0 Å². The summed E-state index contributed by atoms with van der Waals surface area (Å²) >= 11 is 0. The van der Waals surface area contributed by atoms with E-state index in [9.17, 15) is 4.79 Å². The highest BCUT2D eigenvalue weighted by Gasteiger charge is 2.39. The van der Waals surface area contributed by atoms with Gasteiger partial charge in [0.2, 0.25) is 0 Å². The normalized spacial score (nSPS) is 13.0. The highest BCUT2D eigenvalue weighted by Crippen LogP contribution is 2.32. The van der Waals surface area contributed by atoms with Crippen molar-refractivity contribution in [3.8, 4) is 0 Å². The Hall–Kier alpha value is -0.690. The van der Waals surface area contributed by atoms with Gasteiger partial charge >= 0.3 is 5.97 Å². The molecule has 0 aliphatic carbocycles. The van der Waals surface area contributed by atoms with Crippen molar-refractivity contribution >= 4 is 5.97 Å². The molecule has 0 bridgehead atoms. The topological polar surface area (TPSA) is 74.2 Å². The second-order valence-corrected chi connectivity index (χ2v) is 5.99. The van der Waals surface area contributed by atoms with Gasteiger partial charge in [0, 0.05) is 27.2 Å². The third-order valence-electron chi connectivity index (χ3n) is 4.35. The third-order valence-corrected chi connectivity index (χ3v) is 4.35. The van der Waals surface area contributed by atoms with Gasteiger partial charge in [-0.1, -0.05) is 45.4 Å². The SMILES string of the molecule is CCCCCCCCC(CCCOC(=O)CO)C(OC)(OC)OC. The van der Waals surface area contributed by atoms with E-state index in [4.69, 9.17) is 24.1 Å². The quantitative estimate of drug-likeness (QED) is 0.262. The molecule has 24 heavy (non-hydrogen) atoms. The van der Waals surface area contributed by atoms with Crippen LogP contribution in [0.4, 0.5) is 0 Å². The molecule has 0 heterocycles. The lowest BCUT2D eigenvalue weighted by Crippen LogP contribution is -2.44. The summed E-state index contributed by atoms with van der Waals surface area (Å²) in [5, 5.41) is 8.66. The Morgan fingerprint density at radius 1 is 0.917 bits per heavy atom. The minimum absolute atomic E-state index is 0.0523. The number of carbonyl (C=O) groups is 1. The van der Waals surface area contributed by atoms with Crippen LogP contribution in [0.3, 0.4) is 0 Å². The van der Waals surface area contributed by atoms with Crippen LogP contribution in [0.15, 0.2) is 0 Å². The number of aliphatic hydroxyl groups is 1. The highest BCUT2D eigenvalue weighted by molar-refractivity contribution is 5.70. The van der Waals surface area contributed by atoms with Crippen molar-refractivity contribution in [3.63, 3.8) is 0 Å². The highest BCUT2D eigenvalue weighted by atomic mass is 16.9. The predicted molar refractivity (Wildman–Crippen MR) is 92.5 cm³/mol. The number of methoxy groups -OCH3 is 3. The molecule has 1 atom stereocenters. The first-order valence-electron chi connectivity index (χ1n) is 9.02. The van der Waals surface area contributed by atoms with Crippen molar-refractivity contribution < 1.29 is 28.8 Å². The Morgan fingerprint density at radius 3 is 2.00 bits per heavy atom. The smallest absolute Gasteiger partial charge is 0.331 e. The van der Waals surface area contributed by atoms with Crippen LogP contribution in [0.5, 0.6) is 0 Å². The second-order valence-electron chi connectivity index (χ2n) is 5.99. The van der Waals surface area contributed by atoms with Crippen LogP contribution in [-0.4, -0.2) is 51.6 Å². The number of unbranched alkanes of at least 4 members (excludes halogenated alkanes) is 5. The Bertz CT molecular complexity index is 296. The zero-order valence-corrected chi connectivity index (χ0v) is 15.8. The van der Waals surface area contributed by atoms with Gasteiger partial charge < -0.3 is 24.1 Å². The van der Waals surface area contributed by atoms with Gasteiger partial charge in [-0.25, -0.2) is 4.79 Å². The maximum atomic E-state index is 11.0. The number of aliphatic hydroxyl groups excluding tert-OH is 1. The summed E-state index contributed by atoms with van der Waals surface area (Å²) in [5.41, 5.74) is 0. The summed E-state index contributed by atoms with van der Waals surface area (Å²) in [6, 6.07) is 0. The summed E-state index contributed by atoms with van der Waals surface area (Å²) in [6.45, 7) is 1.91. The van der Waals surface area contributed by atoms with Crippen LogP contribution in [0.25, 0.3) is 0 Å². The minimum Gasteiger partial charge on any atom is -0.464 e. The molecule has 1 N–H and O–H groups in total. The molecule has 0 aliphatic heterocycles. The lowest BCUT2D eigenvalue weighted by atomic mass is 9.93. The van der Waals surface area contributed by atoms with E-state index in [2.05, 4.69) is 6.92 Å². The molecule has 144 valence electrons. The van der Waals surface area contributed by atoms with Gasteiger partial charge in [-0.3, -0.25) is 0 Å². The number of rotatable bonds is 16. The fourth-order valence-corrected chi connectivity index (χ4v) is 2.98. The maximum Gasteiger partial charge on any atom is 0.331 e. The molecule has 0 amide bonds. The first kappa shape index (κ1) is 23.3. The van der Waals surface area contributed by atoms with E-state index in [1.807, 2.05) is 0 Å². The van der Waals surface area contributed by atoms with E-state index in [1.165, 1.54) is 32.1 Å². The van der Waals surface area contributed by atoms with Crippen molar-refractivity contribution in [2.24, 2.45) is 5.92 Å². The van der Waals surface area contributed by atoms with Crippen LogP contribution in [0.1, 0.15) is 64.7 Å². The Balaban J connectivity index is 4.40. The average molecular weight is 348 g/mol. The third kappa shape index (κ3) is 8.97. The minimum atomic E-state index is -1.07. The lowest BCUT2D eigenvalue weighted by Gasteiger charge is -2.36. The number of ether oxygens (including phenoxy) is 4. The fraction of sp³-hybridized carbons (Fsp3) is 0.944. The van der Waals surface area contributed by atoms with E-state index >= 15 is 0 Å². The van der Waals surface area contributed by atoms with Gasteiger partial charge in [-0.05, 0) is 19.3 Å². The van der Waals surface area contributed by atoms with Crippen molar-refractivity contribution in [2.75, 3.05) is 34.5 Å². The maximum absolute atomic E-state index is 11.0.